The van der Waals surface area contributed by atoms with Crippen LogP contribution in [0.1, 0.15) is 20.8 Å². The van der Waals surface area contributed by atoms with Gasteiger partial charge in [0, 0.05) is 22.6 Å². The maximum Gasteiger partial charge on any atom is 0.312 e. The molecule has 0 heterocycles. The highest BCUT2D eigenvalue weighted by Gasteiger charge is 2.18. The number of nitrogens with one attached hydrogen (secondary N) is 1. The van der Waals surface area contributed by atoms with Crippen molar-refractivity contribution in [2.24, 2.45) is 0 Å². The van der Waals surface area contributed by atoms with E-state index in [1.165, 1.54) is 12.1 Å². The molecule has 0 spiro atoms. The second-order valence-corrected chi connectivity index (χ2v) is 6.38. The second-order valence-electron chi connectivity index (χ2n) is 5.46. The van der Waals surface area contributed by atoms with Crippen LogP contribution in [0.25, 0.3) is 0 Å². The molecule has 1 atom stereocenters. The molecule has 0 fully saturated rings. The predicted octanol–water partition coefficient (Wildman–Crippen LogP) is 3.33. The zero-order chi connectivity index (χ0) is 15.3. The van der Waals surface area contributed by atoms with Crippen molar-refractivity contribution in [3.8, 4) is 5.75 Å². The van der Waals surface area contributed by atoms with E-state index in [1.54, 1.807) is 6.07 Å². The van der Waals surface area contributed by atoms with Gasteiger partial charge in [-0.2, -0.15) is 0 Å². The van der Waals surface area contributed by atoms with E-state index >= 15 is 0 Å². The summed E-state index contributed by atoms with van der Waals surface area (Å²) in [5, 5.41) is 23.8. The van der Waals surface area contributed by atoms with E-state index in [2.05, 4.69) is 21.2 Å². The number of β-amino-alcohol motifs (C(OH)–C–C–N with tert-alkyl or cyclic N) is 1. The molecule has 1 rings (SSSR count). The first-order valence-electron chi connectivity index (χ1n) is 6.19. The van der Waals surface area contributed by atoms with Crippen molar-refractivity contribution in [3.63, 3.8) is 0 Å². The molecule has 1 aromatic carbocycles. The minimum Gasteiger partial charge on any atom is -0.484 e. The van der Waals surface area contributed by atoms with Crippen molar-refractivity contribution in [2.75, 3.05) is 13.2 Å². The molecule has 128 valence electrons. The monoisotopic (exact) mass is 418 g/mol. The molecule has 0 aliphatic rings. The molecular formula is C13H21BrCl2N2O4. The highest BCUT2D eigenvalue weighted by atomic mass is 79.9. The summed E-state index contributed by atoms with van der Waals surface area (Å²) >= 11 is 3.17. The number of hydrogen-bond acceptors (Lipinski definition) is 5. The first-order valence-corrected chi connectivity index (χ1v) is 6.98. The van der Waals surface area contributed by atoms with Gasteiger partial charge >= 0.3 is 5.69 Å². The molecule has 6 nitrogen and oxygen atoms in total. The van der Waals surface area contributed by atoms with Gasteiger partial charge in [-0.25, -0.2) is 0 Å². The Morgan fingerprint density at radius 1 is 1.41 bits per heavy atom. The van der Waals surface area contributed by atoms with E-state index in [0.29, 0.717) is 11.0 Å². The van der Waals surface area contributed by atoms with Crippen LogP contribution in [0.2, 0.25) is 0 Å². The first kappa shape index (κ1) is 23.7. The third-order valence-corrected chi connectivity index (χ3v) is 2.91. The number of aliphatic hydroxyl groups is 1. The Kier molecular flexibility index (Phi) is 11.0. The number of aliphatic hydroxyl groups excluding tert-OH is 1. The Bertz CT molecular complexity index is 484. The average Bonchev–Trinajstić information content (AvgIpc) is 2.33. The predicted molar refractivity (Wildman–Crippen MR) is 94.5 cm³/mol. The number of nitro groups is 1. The van der Waals surface area contributed by atoms with E-state index in [9.17, 15) is 15.2 Å². The third kappa shape index (κ3) is 8.75. The Balaban J connectivity index is 0. The largest absolute Gasteiger partial charge is 0.484 e. The van der Waals surface area contributed by atoms with Gasteiger partial charge in [0.1, 0.15) is 12.7 Å². The maximum absolute atomic E-state index is 10.9. The minimum atomic E-state index is -0.738. The van der Waals surface area contributed by atoms with E-state index in [-0.39, 0.29) is 48.4 Å². The smallest absolute Gasteiger partial charge is 0.312 e. The van der Waals surface area contributed by atoms with Gasteiger partial charge in [-0.3, -0.25) is 10.1 Å². The zero-order valence-corrected chi connectivity index (χ0v) is 15.8. The Hall–Kier alpha value is -0.600. The first-order chi connectivity index (χ1) is 9.19. The van der Waals surface area contributed by atoms with E-state index < -0.39 is 11.0 Å². The lowest BCUT2D eigenvalue weighted by atomic mass is 10.1. The number of nitro benzene ring substituents is 1. The van der Waals surface area contributed by atoms with Crippen molar-refractivity contribution >= 4 is 46.4 Å². The molecule has 0 bridgehead atoms. The van der Waals surface area contributed by atoms with Gasteiger partial charge in [-0.1, -0.05) is 15.9 Å². The summed E-state index contributed by atoms with van der Waals surface area (Å²) in [5.41, 5.74) is -0.236. The second kappa shape index (κ2) is 10.2. The van der Waals surface area contributed by atoms with Crippen molar-refractivity contribution in [1.29, 1.82) is 0 Å². The van der Waals surface area contributed by atoms with Crippen molar-refractivity contribution in [3.05, 3.63) is 32.8 Å². The van der Waals surface area contributed by atoms with Gasteiger partial charge < -0.3 is 15.2 Å². The average molecular weight is 420 g/mol. The Morgan fingerprint density at radius 3 is 2.50 bits per heavy atom. The number of hydrogen-bond donors (Lipinski definition) is 2. The fraction of sp³-hybridized carbons (Fsp3) is 0.538. The van der Waals surface area contributed by atoms with Gasteiger partial charge in [-0.15, -0.1) is 24.8 Å². The van der Waals surface area contributed by atoms with E-state index in [4.69, 9.17) is 4.74 Å². The van der Waals surface area contributed by atoms with Crippen LogP contribution >= 0.6 is 40.7 Å². The van der Waals surface area contributed by atoms with Crippen molar-refractivity contribution in [1.82, 2.24) is 5.32 Å². The van der Waals surface area contributed by atoms with E-state index in [1.807, 2.05) is 20.8 Å². The SMILES string of the molecule is CC(C)(C)NCC(O)COc1ccc(Br)cc1[N+](=O)[O-].Cl.Cl. The summed E-state index contributed by atoms with van der Waals surface area (Å²) in [4.78, 5) is 10.4. The van der Waals surface area contributed by atoms with Crippen LogP contribution in [0.4, 0.5) is 5.69 Å². The van der Waals surface area contributed by atoms with Crippen LogP contribution in [-0.2, 0) is 0 Å². The molecule has 2 N–H and O–H groups in total. The molecular weight excluding hydrogens is 399 g/mol. The molecule has 0 aromatic heterocycles. The van der Waals surface area contributed by atoms with Gasteiger partial charge in [-0.05, 0) is 32.9 Å². The van der Waals surface area contributed by atoms with Crippen LogP contribution in [0, 0.1) is 10.1 Å². The van der Waals surface area contributed by atoms with Crippen molar-refractivity contribution < 1.29 is 14.8 Å². The number of halogens is 3. The van der Waals surface area contributed by atoms with Gasteiger partial charge in [0.25, 0.3) is 0 Å². The summed E-state index contributed by atoms with van der Waals surface area (Å²) in [6.07, 6.45) is -0.738. The van der Waals surface area contributed by atoms with Crippen LogP contribution < -0.4 is 10.1 Å². The Labute approximate surface area is 150 Å². The molecule has 0 saturated carbocycles. The Morgan fingerprint density at radius 2 is 2.00 bits per heavy atom. The van der Waals surface area contributed by atoms with Gasteiger partial charge in [0.05, 0.1) is 4.92 Å². The number of rotatable bonds is 6. The summed E-state index contributed by atoms with van der Waals surface area (Å²) < 4.78 is 5.93. The molecule has 1 unspecified atom stereocenters. The molecule has 0 amide bonds. The van der Waals surface area contributed by atoms with Crippen LogP contribution in [0.15, 0.2) is 22.7 Å². The third-order valence-electron chi connectivity index (χ3n) is 2.42. The fourth-order valence-corrected chi connectivity index (χ4v) is 1.77. The topological polar surface area (TPSA) is 84.6 Å². The quantitative estimate of drug-likeness (QED) is 0.545. The van der Waals surface area contributed by atoms with Crippen LogP contribution in [0.3, 0.4) is 0 Å². The molecule has 9 heteroatoms. The molecule has 0 saturated heterocycles. The number of nitrogens with zero attached hydrogens (tertiary/aromatic N) is 1. The lowest BCUT2D eigenvalue weighted by Crippen LogP contribution is -2.42. The highest BCUT2D eigenvalue weighted by Crippen LogP contribution is 2.30. The normalized spacial score (nSPS) is 11.9. The maximum atomic E-state index is 10.9. The number of ether oxygens (including phenoxy) is 1. The fourth-order valence-electron chi connectivity index (χ4n) is 1.42. The molecule has 22 heavy (non-hydrogen) atoms. The molecule has 0 aliphatic carbocycles. The van der Waals surface area contributed by atoms with Gasteiger partial charge in [0.2, 0.25) is 0 Å². The van der Waals surface area contributed by atoms with Crippen LogP contribution in [0.5, 0.6) is 5.75 Å². The summed E-state index contributed by atoms with van der Waals surface area (Å²) in [5.74, 6) is 0.146. The molecule has 0 radical (unpaired) electrons. The summed E-state index contributed by atoms with van der Waals surface area (Å²) in [6, 6.07) is 4.53. The molecule has 0 aliphatic heterocycles. The standard InChI is InChI=1S/C13H19BrN2O4.2ClH/c1-13(2,3)15-7-10(17)8-20-12-5-4-9(14)6-11(12)16(18)19;;/h4-6,10,15,17H,7-8H2,1-3H3;2*1H. The van der Waals surface area contributed by atoms with Crippen molar-refractivity contribution in [2.45, 2.75) is 32.4 Å². The lowest BCUT2D eigenvalue weighted by Gasteiger charge is -2.22. The summed E-state index contributed by atoms with van der Waals surface area (Å²) in [6.45, 7) is 6.31. The van der Waals surface area contributed by atoms with Gasteiger partial charge in [0.15, 0.2) is 5.75 Å². The number of benzene rings is 1. The van der Waals surface area contributed by atoms with E-state index in [0.717, 1.165) is 0 Å². The summed E-state index contributed by atoms with van der Waals surface area (Å²) in [7, 11) is 0. The zero-order valence-electron chi connectivity index (χ0n) is 12.5. The van der Waals surface area contributed by atoms with Crippen LogP contribution in [-0.4, -0.2) is 34.8 Å². The lowest BCUT2D eigenvalue weighted by molar-refractivity contribution is -0.386. The molecule has 1 aromatic rings. The highest BCUT2D eigenvalue weighted by molar-refractivity contribution is 9.10. The minimum absolute atomic E-state index is 0.